The summed E-state index contributed by atoms with van der Waals surface area (Å²) in [6, 6.07) is 15.3. The highest BCUT2D eigenvalue weighted by molar-refractivity contribution is 7.92. The van der Waals surface area contributed by atoms with Crippen LogP contribution < -0.4 is 10.0 Å². The molecule has 7 heteroatoms. The number of nitrogens with one attached hydrogen (secondary N) is 2. The zero-order chi connectivity index (χ0) is 19.3. The number of anilines is 1. The lowest BCUT2D eigenvalue weighted by atomic mass is 9.95. The van der Waals surface area contributed by atoms with Crippen LogP contribution in [0.1, 0.15) is 24.8 Å². The van der Waals surface area contributed by atoms with Crippen LogP contribution in [0, 0.1) is 0 Å². The summed E-state index contributed by atoms with van der Waals surface area (Å²) in [4.78, 5) is 12.7. The van der Waals surface area contributed by atoms with Crippen LogP contribution in [0.2, 0.25) is 0 Å². The van der Waals surface area contributed by atoms with Crippen molar-refractivity contribution in [3.63, 3.8) is 0 Å². The van der Waals surface area contributed by atoms with Gasteiger partial charge in [-0.05, 0) is 49.1 Å². The SMILES string of the molecule is COCCCNC(=O)C1(c2ccc(NS(=O)(=O)c3ccccc3)cc2)CC1. The molecule has 1 aliphatic carbocycles. The van der Waals surface area contributed by atoms with E-state index < -0.39 is 15.4 Å². The maximum Gasteiger partial charge on any atom is 0.261 e. The van der Waals surface area contributed by atoms with Gasteiger partial charge in [0.2, 0.25) is 5.91 Å². The van der Waals surface area contributed by atoms with E-state index in [-0.39, 0.29) is 10.8 Å². The Balaban J connectivity index is 1.66. The van der Waals surface area contributed by atoms with Gasteiger partial charge in [0.25, 0.3) is 10.0 Å². The van der Waals surface area contributed by atoms with Crippen LogP contribution in [-0.2, 0) is 25.0 Å². The molecule has 0 radical (unpaired) electrons. The first-order chi connectivity index (χ1) is 13.0. The van der Waals surface area contributed by atoms with Crippen LogP contribution >= 0.6 is 0 Å². The molecule has 27 heavy (non-hydrogen) atoms. The number of hydrogen-bond donors (Lipinski definition) is 2. The summed E-state index contributed by atoms with van der Waals surface area (Å²) in [6.07, 6.45) is 2.38. The molecule has 6 nitrogen and oxygen atoms in total. The van der Waals surface area contributed by atoms with Crippen LogP contribution in [0.5, 0.6) is 0 Å². The molecule has 1 amide bonds. The zero-order valence-corrected chi connectivity index (χ0v) is 16.1. The highest BCUT2D eigenvalue weighted by Crippen LogP contribution is 2.48. The Morgan fingerprint density at radius 3 is 2.33 bits per heavy atom. The summed E-state index contributed by atoms with van der Waals surface area (Å²) in [5.41, 5.74) is 0.900. The van der Waals surface area contributed by atoms with Gasteiger partial charge in [0.1, 0.15) is 0 Å². The molecule has 2 N–H and O–H groups in total. The third kappa shape index (κ3) is 4.48. The van der Waals surface area contributed by atoms with E-state index in [1.165, 1.54) is 0 Å². The number of benzene rings is 2. The number of methoxy groups -OCH3 is 1. The van der Waals surface area contributed by atoms with Gasteiger partial charge in [-0.15, -0.1) is 0 Å². The van der Waals surface area contributed by atoms with Crippen LogP contribution in [0.15, 0.2) is 59.5 Å². The summed E-state index contributed by atoms with van der Waals surface area (Å²) >= 11 is 0. The molecule has 0 saturated heterocycles. The Kier molecular flexibility index (Phi) is 5.82. The molecular weight excluding hydrogens is 364 g/mol. The standard InChI is InChI=1S/C20H24N2O4S/c1-26-15-5-14-21-19(23)20(12-13-20)16-8-10-17(11-9-16)22-27(24,25)18-6-3-2-4-7-18/h2-4,6-11,22H,5,12-15H2,1H3,(H,21,23). The fourth-order valence-electron chi connectivity index (χ4n) is 3.03. The minimum absolute atomic E-state index is 0.0243. The number of carbonyl (C=O) groups excluding carboxylic acids is 1. The molecule has 1 fully saturated rings. The highest BCUT2D eigenvalue weighted by atomic mass is 32.2. The number of sulfonamides is 1. The third-order valence-corrected chi connectivity index (χ3v) is 6.14. The Hall–Kier alpha value is -2.38. The van der Waals surface area contributed by atoms with Gasteiger partial charge >= 0.3 is 0 Å². The second-order valence-electron chi connectivity index (χ2n) is 6.68. The van der Waals surface area contributed by atoms with Crippen molar-refractivity contribution in [2.45, 2.75) is 29.6 Å². The van der Waals surface area contributed by atoms with Gasteiger partial charge in [0, 0.05) is 25.9 Å². The van der Waals surface area contributed by atoms with Crippen LogP contribution in [0.25, 0.3) is 0 Å². The summed E-state index contributed by atoms with van der Waals surface area (Å²) in [5.74, 6) is 0.0243. The largest absolute Gasteiger partial charge is 0.385 e. The molecular formula is C20H24N2O4S. The van der Waals surface area contributed by atoms with Crippen LogP contribution in [0.4, 0.5) is 5.69 Å². The molecule has 144 valence electrons. The maximum atomic E-state index is 12.5. The topological polar surface area (TPSA) is 84.5 Å². The van der Waals surface area contributed by atoms with Crippen molar-refractivity contribution in [1.82, 2.24) is 5.32 Å². The predicted molar refractivity (Wildman–Crippen MR) is 104 cm³/mol. The van der Waals surface area contributed by atoms with Crippen molar-refractivity contribution < 1.29 is 17.9 Å². The molecule has 0 unspecified atom stereocenters. The highest BCUT2D eigenvalue weighted by Gasteiger charge is 2.50. The van der Waals surface area contributed by atoms with Gasteiger partial charge in [-0.25, -0.2) is 8.42 Å². The molecule has 0 bridgehead atoms. The van der Waals surface area contributed by atoms with Gasteiger partial charge in [-0.2, -0.15) is 0 Å². The fourth-order valence-corrected chi connectivity index (χ4v) is 4.11. The van der Waals surface area contributed by atoms with E-state index in [0.29, 0.717) is 18.8 Å². The second kappa shape index (κ2) is 8.10. The van der Waals surface area contributed by atoms with E-state index in [9.17, 15) is 13.2 Å². The van der Waals surface area contributed by atoms with E-state index in [0.717, 1.165) is 24.8 Å². The zero-order valence-electron chi connectivity index (χ0n) is 15.3. The number of amides is 1. The molecule has 1 aliphatic rings. The molecule has 2 aromatic rings. The first-order valence-electron chi connectivity index (χ1n) is 8.94. The van der Waals surface area contributed by atoms with Crippen molar-refractivity contribution in [3.05, 3.63) is 60.2 Å². The number of hydrogen-bond acceptors (Lipinski definition) is 4. The lowest BCUT2D eigenvalue weighted by Gasteiger charge is -2.16. The average Bonchev–Trinajstić information content (AvgIpc) is 3.48. The normalized spacial score (nSPS) is 15.1. The predicted octanol–water partition coefficient (Wildman–Crippen LogP) is 2.67. The van der Waals surface area contributed by atoms with E-state index in [1.54, 1.807) is 49.6 Å². The molecule has 1 saturated carbocycles. The first kappa shape index (κ1) is 19.4. The lowest BCUT2D eigenvalue weighted by Crippen LogP contribution is -2.35. The fraction of sp³-hybridized carbons (Fsp3) is 0.350. The monoisotopic (exact) mass is 388 g/mol. The molecule has 0 aliphatic heterocycles. The molecule has 0 aromatic heterocycles. The number of ether oxygens (including phenoxy) is 1. The van der Waals surface area contributed by atoms with Crippen molar-refractivity contribution in [2.75, 3.05) is 25.0 Å². The quantitative estimate of drug-likeness (QED) is 0.647. The minimum Gasteiger partial charge on any atom is -0.385 e. The first-order valence-corrected chi connectivity index (χ1v) is 10.4. The van der Waals surface area contributed by atoms with E-state index in [4.69, 9.17) is 4.74 Å². The Morgan fingerprint density at radius 2 is 1.74 bits per heavy atom. The van der Waals surface area contributed by atoms with Gasteiger partial charge < -0.3 is 10.1 Å². The van der Waals surface area contributed by atoms with Gasteiger partial charge in [-0.3, -0.25) is 9.52 Å². The minimum atomic E-state index is -3.62. The van der Waals surface area contributed by atoms with Crippen LogP contribution in [-0.4, -0.2) is 34.6 Å². The van der Waals surface area contributed by atoms with E-state index in [2.05, 4.69) is 10.0 Å². The molecule has 0 heterocycles. The number of rotatable bonds is 9. The number of carbonyl (C=O) groups is 1. The van der Waals surface area contributed by atoms with Crippen molar-refractivity contribution in [2.24, 2.45) is 0 Å². The van der Waals surface area contributed by atoms with E-state index >= 15 is 0 Å². The van der Waals surface area contributed by atoms with Gasteiger partial charge in [-0.1, -0.05) is 30.3 Å². The lowest BCUT2D eigenvalue weighted by molar-refractivity contribution is -0.123. The second-order valence-corrected chi connectivity index (χ2v) is 8.36. The average molecular weight is 388 g/mol. The molecule has 0 atom stereocenters. The molecule has 2 aromatic carbocycles. The smallest absolute Gasteiger partial charge is 0.261 e. The third-order valence-electron chi connectivity index (χ3n) is 4.74. The van der Waals surface area contributed by atoms with Crippen molar-refractivity contribution >= 4 is 21.6 Å². The van der Waals surface area contributed by atoms with Crippen molar-refractivity contribution in [1.29, 1.82) is 0 Å². The Morgan fingerprint density at radius 1 is 1.07 bits per heavy atom. The van der Waals surface area contributed by atoms with Crippen LogP contribution in [0.3, 0.4) is 0 Å². The molecule has 3 rings (SSSR count). The summed E-state index contributed by atoms with van der Waals surface area (Å²) in [6.45, 7) is 1.20. The summed E-state index contributed by atoms with van der Waals surface area (Å²) < 4.78 is 32.3. The Labute approximate surface area is 160 Å². The maximum absolute atomic E-state index is 12.5. The summed E-state index contributed by atoms with van der Waals surface area (Å²) in [5, 5.41) is 2.96. The van der Waals surface area contributed by atoms with Gasteiger partial charge in [0.15, 0.2) is 0 Å². The van der Waals surface area contributed by atoms with E-state index in [1.807, 2.05) is 12.1 Å². The van der Waals surface area contributed by atoms with Crippen molar-refractivity contribution in [3.8, 4) is 0 Å². The van der Waals surface area contributed by atoms with Gasteiger partial charge in [0.05, 0.1) is 10.3 Å². The summed E-state index contributed by atoms with van der Waals surface area (Å²) in [7, 11) is -1.98. The Bertz CT molecular complexity index is 876. The molecule has 0 spiro atoms.